The van der Waals surface area contributed by atoms with Gasteiger partial charge in [-0.1, -0.05) is 24.6 Å². The van der Waals surface area contributed by atoms with E-state index in [0.29, 0.717) is 11.6 Å². The molecular weight excluding hydrogens is 276 g/mol. The lowest BCUT2D eigenvalue weighted by molar-refractivity contribution is -0.143. The first-order valence-electron chi connectivity index (χ1n) is 6.79. The molecule has 1 heterocycles. The summed E-state index contributed by atoms with van der Waals surface area (Å²) in [5.41, 5.74) is 2.11. The van der Waals surface area contributed by atoms with Crippen LogP contribution in [-0.2, 0) is 22.6 Å². The van der Waals surface area contributed by atoms with Crippen molar-refractivity contribution in [1.29, 1.82) is 0 Å². The van der Waals surface area contributed by atoms with Crippen LogP contribution in [0.4, 0.5) is 0 Å². The second kappa shape index (κ2) is 6.77. The lowest BCUT2D eigenvalue weighted by Gasteiger charge is -2.05. The Kier molecular flexibility index (Phi) is 5.04. The third-order valence-corrected chi connectivity index (χ3v) is 3.33. The predicted octanol–water partition coefficient (Wildman–Crippen LogP) is 2.97. The van der Waals surface area contributed by atoms with E-state index in [1.807, 2.05) is 29.0 Å². The number of ether oxygens (including phenoxy) is 1. The van der Waals surface area contributed by atoms with Gasteiger partial charge in [-0.25, -0.2) is 0 Å². The van der Waals surface area contributed by atoms with Gasteiger partial charge in [-0.15, -0.1) is 0 Å². The van der Waals surface area contributed by atoms with Crippen LogP contribution in [0.1, 0.15) is 19.4 Å². The fourth-order valence-electron chi connectivity index (χ4n) is 2.22. The van der Waals surface area contributed by atoms with Gasteiger partial charge < -0.3 is 14.6 Å². The number of halogens is 1. The molecule has 0 amide bonds. The average molecular weight is 295 g/mol. The molecule has 1 N–H and O–H groups in total. The Morgan fingerprint density at radius 2 is 2.20 bits per heavy atom. The summed E-state index contributed by atoms with van der Waals surface area (Å²) >= 11 is 6.06. The quantitative estimate of drug-likeness (QED) is 0.833. The minimum atomic E-state index is -0.237. The molecular formula is C15H19ClN2O2. The Morgan fingerprint density at radius 1 is 1.40 bits per heavy atom. The fourth-order valence-corrected chi connectivity index (χ4v) is 2.38. The molecule has 0 saturated heterocycles. The second-order valence-electron chi connectivity index (χ2n) is 4.53. The highest BCUT2D eigenvalue weighted by Gasteiger charge is 2.11. The van der Waals surface area contributed by atoms with Crippen LogP contribution in [0.15, 0.2) is 24.4 Å². The first-order valence-corrected chi connectivity index (χ1v) is 7.17. The molecule has 4 nitrogen and oxygen atoms in total. The van der Waals surface area contributed by atoms with Crippen molar-refractivity contribution in [2.24, 2.45) is 0 Å². The molecule has 0 unspecified atom stereocenters. The molecule has 0 aliphatic rings. The molecule has 5 heteroatoms. The summed E-state index contributed by atoms with van der Waals surface area (Å²) < 4.78 is 6.90. The van der Waals surface area contributed by atoms with E-state index in [-0.39, 0.29) is 12.5 Å². The molecule has 1 aromatic carbocycles. The highest BCUT2D eigenvalue weighted by atomic mass is 35.5. The van der Waals surface area contributed by atoms with Gasteiger partial charge in [-0.3, -0.25) is 4.79 Å². The van der Waals surface area contributed by atoms with Crippen molar-refractivity contribution in [2.45, 2.75) is 26.9 Å². The molecule has 0 aliphatic heterocycles. The SMILES string of the molecule is CCNCc1cn(CC(=O)OCC)c2cc(Cl)ccc12. The van der Waals surface area contributed by atoms with Crippen LogP contribution in [0.25, 0.3) is 10.9 Å². The molecule has 2 rings (SSSR count). The molecule has 0 saturated carbocycles. The van der Waals surface area contributed by atoms with E-state index in [0.717, 1.165) is 29.6 Å². The second-order valence-corrected chi connectivity index (χ2v) is 4.97. The molecule has 2 aromatic rings. The van der Waals surface area contributed by atoms with Gasteiger partial charge in [0, 0.05) is 23.2 Å². The number of hydrogen-bond donors (Lipinski definition) is 1. The Morgan fingerprint density at radius 3 is 2.90 bits per heavy atom. The van der Waals surface area contributed by atoms with Crippen molar-refractivity contribution >= 4 is 28.5 Å². The highest BCUT2D eigenvalue weighted by Crippen LogP contribution is 2.25. The van der Waals surface area contributed by atoms with Crippen LogP contribution in [0, 0.1) is 0 Å². The van der Waals surface area contributed by atoms with Gasteiger partial charge in [-0.2, -0.15) is 0 Å². The maximum atomic E-state index is 11.7. The number of carbonyl (C=O) groups is 1. The zero-order chi connectivity index (χ0) is 14.5. The summed E-state index contributed by atoms with van der Waals surface area (Å²) in [5.74, 6) is -0.237. The van der Waals surface area contributed by atoms with Crippen LogP contribution in [-0.4, -0.2) is 23.7 Å². The van der Waals surface area contributed by atoms with E-state index in [2.05, 4.69) is 12.2 Å². The van der Waals surface area contributed by atoms with Crippen molar-refractivity contribution in [3.63, 3.8) is 0 Å². The Balaban J connectivity index is 2.37. The maximum absolute atomic E-state index is 11.7. The monoisotopic (exact) mass is 294 g/mol. The van der Waals surface area contributed by atoms with E-state index in [1.165, 1.54) is 0 Å². The molecule has 0 radical (unpaired) electrons. The zero-order valence-electron chi connectivity index (χ0n) is 11.8. The molecule has 0 bridgehead atoms. The number of nitrogens with one attached hydrogen (secondary N) is 1. The first kappa shape index (κ1) is 14.9. The van der Waals surface area contributed by atoms with Crippen LogP contribution in [0.3, 0.4) is 0 Å². The van der Waals surface area contributed by atoms with Crippen molar-refractivity contribution in [2.75, 3.05) is 13.2 Å². The van der Waals surface area contributed by atoms with E-state index in [4.69, 9.17) is 16.3 Å². The summed E-state index contributed by atoms with van der Waals surface area (Å²) in [6.07, 6.45) is 1.99. The lowest BCUT2D eigenvalue weighted by atomic mass is 10.2. The number of carbonyl (C=O) groups excluding carboxylic acids is 1. The fraction of sp³-hybridized carbons (Fsp3) is 0.400. The van der Waals surface area contributed by atoms with Gasteiger partial charge in [-0.05, 0) is 31.2 Å². The molecule has 0 spiro atoms. The van der Waals surface area contributed by atoms with E-state index >= 15 is 0 Å². The number of hydrogen-bond acceptors (Lipinski definition) is 3. The zero-order valence-corrected chi connectivity index (χ0v) is 12.5. The van der Waals surface area contributed by atoms with Crippen LogP contribution < -0.4 is 5.32 Å². The van der Waals surface area contributed by atoms with Gasteiger partial charge in [0.2, 0.25) is 0 Å². The van der Waals surface area contributed by atoms with Crippen molar-refractivity contribution in [3.05, 3.63) is 35.0 Å². The predicted molar refractivity (Wildman–Crippen MR) is 81.0 cm³/mol. The van der Waals surface area contributed by atoms with E-state index in [9.17, 15) is 4.79 Å². The van der Waals surface area contributed by atoms with Crippen LogP contribution in [0.5, 0.6) is 0 Å². The summed E-state index contributed by atoms with van der Waals surface area (Å²) in [5, 5.41) is 5.07. The number of nitrogens with zero attached hydrogens (tertiary/aromatic N) is 1. The molecule has 1 aromatic heterocycles. The summed E-state index contributed by atoms with van der Waals surface area (Å²) in [4.78, 5) is 11.7. The third-order valence-electron chi connectivity index (χ3n) is 3.10. The molecule has 20 heavy (non-hydrogen) atoms. The highest BCUT2D eigenvalue weighted by molar-refractivity contribution is 6.31. The molecule has 0 fully saturated rings. The lowest BCUT2D eigenvalue weighted by Crippen LogP contribution is -2.13. The van der Waals surface area contributed by atoms with Crippen LogP contribution in [0.2, 0.25) is 5.02 Å². The first-order chi connectivity index (χ1) is 9.65. The van der Waals surface area contributed by atoms with Gasteiger partial charge in [0.1, 0.15) is 6.54 Å². The third kappa shape index (κ3) is 3.32. The Hall–Kier alpha value is -1.52. The summed E-state index contributed by atoms with van der Waals surface area (Å²) in [7, 11) is 0. The largest absolute Gasteiger partial charge is 0.465 e. The summed E-state index contributed by atoms with van der Waals surface area (Å²) in [6, 6.07) is 5.74. The van der Waals surface area contributed by atoms with Crippen molar-refractivity contribution in [3.8, 4) is 0 Å². The number of aromatic nitrogens is 1. The minimum Gasteiger partial charge on any atom is -0.465 e. The number of rotatable bonds is 6. The van der Waals surface area contributed by atoms with Crippen molar-refractivity contribution in [1.82, 2.24) is 9.88 Å². The van der Waals surface area contributed by atoms with E-state index in [1.54, 1.807) is 6.92 Å². The topological polar surface area (TPSA) is 43.3 Å². The molecule has 108 valence electrons. The smallest absolute Gasteiger partial charge is 0.325 e. The van der Waals surface area contributed by atoms with Gasteiger partial charge in [0.25, 0.3) is 0 Å². The Bertz CT molecular complexity index is 607. The number of esters is 1. The number of fused-ring (bicyclic) bond motifs is 1. The van der Waals surface area contributed by atoms with E-state index < -0.39 is 0 Å². The maximum Gasteiger partial charge on any atom is 0.325 e. The molecule has 0 aliphatic carbocycles. The molecule has 0 atom stereocenters. The normalized spacial score (nSPS) is 10.9. The van der Waals surface area contributed by atoms with Gasteiger partial charge in [0.15, 0.2) is 0 Å². The Labute approximate surface area is 123 Å². The van der Waals surface area contributed by atoms with Gasteiger partial charge >= 0.3 is 5.97 Å². The van der Waals surface area contributed by atoms with Gasteiger partial charge in [0.05, 0.1) is 12.1 Å². The van der Waals surface area contributed by atoms with Crippen molar-refractivity contribution < 1.29 is 9.53 Å². The minimum absolute atomic E-state index is 0.205. The summed E-state index contributed by atoms with van der Waals surface area (Å²) in [6.45, 7) is 6.14. The van der Waals surface area contributed by atoms with Crippen LogP contribution >= 0.6 is 11.6 Å². The standard InChI is InChI=1S/C15H19ClN2O2/c1-3-17-8-11-9-18(10-15(19)20-4-2)14-7-12(16)5-6-13(11)14/h5-7,9,17H,3-4,8,10H2,1-2H3. The number of benzene rings is 1. The average Bonchev–Trinajstić information content (AvgIpc) is 2.74.